The molecule has 0 fully saturated rings. The number of nitriles is 1. The molecule has 1 aliphatic rings. The van der Waals surface area contributed by atoms with Crippen LogP contribution in [0.2, 0.25) is 0 Å². The van der Waals surface area contributed by atoms with E-state index in [0.29, 0.717) is 5.69 Å². The van der Waals surface area contributed by atoms with Gasteiger partial charge in [0.1, 0.15) is 11.9 Å². The Kier molecular flexibility index (Phi) is 3.47. The molecule has 3 rings (SSSR count). The monoisotopic (exact) mass is 298 g/mol. The van der Waals surface area contributed by atoms with E-state index in [1.165, 1.54) is 12.1 Å². The summed E-state index contributed by atoms with van der Waals surface area (Å²) in [5, 5.41) is 31.5. The fourth-order valence-corrected chi connectivity index (χ4v) is 2.66. The number of non-ortho nitro benzene ring substituents is 1. The molecule has 8 nitrogen and oxygen atoms in total. The summed E-state index contributed by atoms with van der Waals surface area (Å²) in [7, 11) is 0. The predicted octanol–water partition coefficient (Wildman–Crippen LogP) is 2.18. The highest BCUT2D eigenvalue weighted by Crippen LogP contribution is 2.26. The molecule has 0 spiro atoms. The third-order valence-corrected chi connectivity index (χ3v) is 3.73. The maximum Gasteiger partial charge on any atom is 0.270 e. The first-order chi connectivity index (χ1) is 10.6. The lowest BCUT2D eigenvalue weighted by atomic mass is 10.1. The van der Waals surface area contributed by atoms with Gasteiger partial charge in [0.2, 0.25) is 0 Å². The zero-order valence-corrected chi connectivity index (χ0v) is 12.0. The van der Waals surface area contributed by atoms with Gasteiger partial charge in [-0.25, -0.2) is 0 Å². The minimum atomic E-state index is -0.514. The molecule has 0 saturated heterocycles. The summed E-state index contributed by atoms with van der Waals surface area (Å²) < 4.78 is 2.08. The summed E-state index contributed by atoms with van der Waals surface area (Å²) in [6.45, 7) is 2.83. The molecule has 1 aliphatic heterocycles. The predicted molar refractivity (Wildman–Crippen MR) is 78.2 cm³/mol. The molecule has 1 N–H and O–H groups in total. The minimum absolute atomic E-state index is 0.0990. The van der Waals surface area contributed by atoms with Crippen LogP contribution in [0.3, 0.4) is 0 Å². The molecule has 0 saturated carbocycles. The molecule has 0 bridgehead atoms. The van der Waals surface area contributed by atoms with Gasteiger partial charge < -0.3 is 9.88 Å². The third kappa shape index (κ3) is 2.37. The molecule has 2 aromatic rings. The van der Waals surface area contributed by atoms with Gasteiger partial charge in [-0.1, -0.05) is 0 Å². The average Bonchev–Trinajstić information content (AvgIpc) is 3.09. The van der Waals surface area contributed by atoms with E-state index in [4.69, 9.17) is 0 Å². The molecular weight excluding hydrogens is 284 g/mol. The number of nitro groups is 1. The smallest absolute Gasteiger partial charge is 0.270 e. The summed E-state index contributed by atoms with van der Waals surface area (Å²) in [5.41, 5.74) is 0.691. The second-order valence-corrected chi connectivity index (χ2v) is 5.19. The van der Waals surface area contributed by atoms with E-state index in [0.717, 1.165) is 31.0 Å². The van der Waals surface area contributed by atoms with Gasteiger partial charge in [-0.2, -0.15) is 5.26 Å². The van der Waals surface area contributed by atoms with Gasteiger partial charge >= 0.3 is 0 Å². The van der Waals surface area contributed by atoms with E-state index in [9.17, 15) is 15.4 Å². The lowest BCUT2D eigenvalue weighted by Crippen LogP contribution is -2.14. The molecular formula is C14H14N6O2. The van der Waals surface area contributed by atoms with Crippen molar-refractivity contribution in [3.8, 4) is 6.07 Å². The number of nitro benzene ring substituents is 1. The van der Waals surface area contributed by atoms with E-state index in [2.05, 4.69) is 20.1 Å². The van der Waals surface area contributed by atoms with Crippen molar-refractivity contribution in [2.75, 3.05) is 5.32 Å². The number of hydrogen-bond acceptors (Lipinski definition) is 6. The van der Waals surface area contributed by atoms with Gasteiger partial charge in [0.05, 0.1) is 22.2 Å². The molecule has 2 heterocycles. The molecule has 1 aromatic carbocycles. The fraction of sp³-hybridized carbons (Fsp3) is 0.357. The first-order valence-electron chi connectivity index (χ1n) is 6.97. The Balaban J connectivity index is 1.86. The molecule has 112 valence electrons. The lowest BCUT2D eigenvalue weighted by Gasteiger charge is -2.16. The first-order valence-corrected chi connectivity index (χ1v) is 6.97. The van der Waals surface area contributed by atoms with E-state index in [1.807, 2.05) is 13.0 Å². The fourth-order valence-electron chi connectivity index (χ4n) is 2.66. The number of benzene rings is 1. The van der Waals surface area contributed by atoms with Gasteiger partial charge in [0, 0.05) is 25.1 Å². The normalized spacial score (nSPS) is 14.2. The van der Waals surface area contributed by atoms with Crippen molar-refractivity contribution in [1.29, 1.82) is 5.26 Å². The number of rotatable bonds is 4. The quantitative estimate of drug-likeness (QED) is 0.684. The van der Waals surface area contributed by atoms with Crippen LogP contribution in [0.25, 0.3) is 0 Å². The maximum atomic E-state index is 10.8. The van der Waals surface area contributed by atoms with Crippen molar-refractivity contribution in [3.63, 3.8) is 0 Å². The van der Waals surface area contributed by atoms with Crippen molar-refractivity contribution in [1.82, 2.24) is 14.8 Å². The number of anilines is 1. The Morgan fingerprint density at radius 3 is 3.05 bits per heavy atom. The van der Waals surface area contributed by atoms with E-state index >= 15 is 0 Å². The zero-order valence-electron chi connectivity index (χ0n) is 12.0. The Bertz CT molecular complexity index is 776. The van der Waals surface area contributed by atoms with E-state index in [1.54, 1.807) is 6.07 Å². The van der Waals surface area contributed by atoms with Gasteiger partial charge in [-0.15, -0.1) is 10.2 Å². The number of aryl methyl sites for hydroxylation is 1. The van der Waals surface area contributed by atoms with Crippen LogP contribution in [0.15, 0.2) is 18.2 Å². The molecule has 1 unspecified atom stereocenters. The number of nitrogens with zero attached hydrogens (tertiary/aromatic N) is 5. The average molecular weight is 298 g/mol. The second-order valence-electron chi connectivity index (χ2n) is 5.19. The highest BCUT2D eigenvalue weighted by Gasteiger charge is 2.22. The van der Waals surface area contributed by atoms with Crippen molar-refractivity contribution < 1.29 is 4.92 Å². The van der Waals surface area contributed by atoms with Crippen molar-refractivity contribution in [2.24, 2.45) is 0 Å². The molecule has 0 radical (unpaired) electrons. The van der Waals surface area contributed by atoms with Crippen molar-refractivity contribution >= 4 is 11.4 Å². The largest absolute Gasteiger partial charge is 0.374 e. The minimum Gasteiger partial charge on any atom is -0.374 e. The Hall–Kier alpha value is -2.95. The topological polar surface area (TPSA) is 110 Å². The highest BCUT2D eigenvalue weighted by atomic mass is 16.6. The van der Waals surface area contributed by atoms with Gasteiger partial charge in [0.25, 0.3) is 5.69 Å². The van der Waals surface area contributed by atoms with Crippen molar-refractivity contribution in [3.05, 3.63) is 45.5 Å². The van der Waals surface area contributed by atoms with Crippen LogP contribution < -0.4 is 5.32 Å². The van der Waals surface area contributed by atoms with Crippen LogP contribution in [0.1, 0.15) is 36.6 Å². The number of nitrogens with one attached hydrogen (secondary N) is 1. The Morgan fingerprint density at radius 1 is 1.50 bits per heavy atom. The van der Waals surface area contributed by atoms with Crippen molar-refractivity contribution in [2.45, 2.75) is 32.4 Å². The molecule has 22 heavy (non-hydrogen) atoms. The van der Waals surface area contributed by atoms with E-state index < -0.39 is 4.92 Å². The zero-order chi connectivity index (χ0) is 15.7. The second kappa shape index (κ2) is 5.44. The summed E-state index contributed by atoms with van der Waals surface area (Å²) in [6.07, 6.45) is 1.99. The van der Waals surface area contributed by atoms with Crippen LogP contribution in [-0.2, 0) is 13.0 Å². The van der Waals surface area contributed by atoms with Gasteiger partial charge in [-0.05, 0) is 19.4 Å². The maximum absolute atomic E-state index is 10.8. The Morgan fingerprint density at radius 2 is 2.32 bits per heavy atom. The summed E-state index contributed by atoms with van der Waals surface area (Å²) in [5.74, 6) is 1.79. The first kappa shape index (κ1) is 14.0. The number of aromatic nitrogens is 3. The van der Waals surface area contributed by atoms with Gasteiger partial charge in [-0.3, -0.25) is 10.1 Å². The standard InChI is InChI=1S/C14H14N6O2/c1-9(14-18-17-13-3-2-6-19(13)14)16-12-5-4-11(20(21)22)7-10(12)8-15/h4-5,7,9,16H,2-3,6H2,1H3. The van der Waals surface area contributed by atoms with Crippen LogP contribution in [0.4, 0.5) is 11.4 Å². The number of hydrogen-bond donors (Lipinski definition) is 1. The van der Waals surface area contributed by atoms with E-state index in [-0.39, 0.29) is 17.3 Å². The SMILES string of the molecule is CC(Nc1ccc([N+](=O)[O-])cc1C#N)c1nnc2n1CCC2. The highest BCUT2D eigenvalue weighted by molar-refractivity contribution is 5.61. The Labute approximate surface area is 126 Å². The molecule has 0 aliphatic carbocycles. The van der Waals surface area contributed by atoms with Gasteiger partial charge in [0.15, 0.2) is 5.82 Å². The molecule has 8 heteroatoms. The van der Waals surface area contributed by atoms with Crippen LogP contribution in [0, 0.1) is 21.4 Å². The summed E-state index contributed by atoms with van der Waals surface area (Å²) >= 11 is 0. The lowest BCUT2D eigenvalue weighted by molar-refractivity contribution is -0.384. The number of fused-ring (bicyclic) bond motifs is 1. The summed E-state index contributed by atoms with van der Waals surface area (Å²) in [6, 6.07) is 6.03. The summed E-state index contributed by atoms with van der Waals surface area (Å²) in [4.78, 5) is 10.3. The van der Waals surface area contributed by atoms with Crippen LogP contribution in [0.5, 0.6) is 0 Å². The third-order valence-electron chi connectivity index (χ3n) is 3.73. The molecule has 0 amide bonds. The molecule has 1 aromatic heterocycles. The van der Waals surface area contributed by atoms with Crippen LogP contribution >= 0.6 is 0 Å². The van der Waals surface area contributed by atoms with Crippen LogP contribution in [-0.4, -0.2) is 19.7 Å². The molecule has 1 atom stereocenters.